The SMILES string of the molecule is COc1ccc(CN2C(=O)CNC2=O)cc1OC1CCCC1. The Balaban J connectivity index is 1.77. The molecule has 1 heterocycles. The summed E-state index contributed by atoms with van der Waals surface area (Å²) >= 11 is 0. The molecule has 1 N–H and O–H groups in total. The third-order valence-electron chi connectivity index (χ3n) is 4.10. The van der Waals surface area contributed by atoms with E-state index in [0.717, 1.165) is 18.4 Å². The zero-order chi connectivity index (χ0) is 15.5. The molecule has 0 spiro atoms. The number of carbonyl (C=O) groups excluding carboxylic acids is 2. The molecule has 3 amide bonds. The number of hydrogen-bond donors (Lipinski definition) is 1. The predicted octanol–water partition coefficient (Wildman–Crippen LogP) is 2.07. The molecule has 6 nitrogen and oxygen atoms in total. The number of nitrogens with one attached hydrogen (secondary N) is 1. The van der Waals surface area contributed by atoms with Crippen LogP contribution in [0.5, 0.6) is 11.5 Å². The highest BCUT2D eigenvalue weighted by Crippen LogP contribution is 2.32. The van der Waals surface area contributed by atoms with Crippen molar-refractivity contribution < 1.29 is 19.1 Å². The number of amides is 3. The lowest BCUT2D eigenvalue weighted by molar-refractivity contribution is -0.125. The third-order valence-corrected chi connectivity index (χ3v) is 4.10. The van der Waals surface area contributed by atoms with Crippen molar-refractivity contribution in [3.8, 4) is 11.5 Å². The van der Waals surface area contributed by atoms with E-state index in [1.807, 2.05) is 18.2 Å². The Morgan fingerprint density at radius 3 is 2.64 bits per heavy atom. The van der Waals surface area contributed by atoms with Crippen LogP contribution in [-0.2, 0) is 11.3 Å². The summed E-state index contributed by atoms with van der Waals surface area (Å²) in [5.41, 5.74) is 0.846. The van der Waals surface area contributed by atoms with Gasteiger partial charge < -0.3 is 14.8 Å². The molecular weight excluding hydrogens is 284 g/mol. The Morgan fingerprint density at radius 2 is 2.00 bits per heavy atom. The van der Waals surface area contributed by atoms with Gasteiger partial charge >= 0.3 is 6.03 Å². The smallest absolute Gasteiger partial charge is 0.324 e. The first-order valence-corrected chi connectivity index (χ1v) is 7.59. The number of nitrogens with zero attached hydrogens (tertiary/aromatic N) is 1. The Morgan fingerprint density at radius 1 is 1.23 bits per heavy atom. The van der Waals surface area contributed by atoms with Gasteiger partial charge in [-0.15, -0.1) is 0 Å². The highest BCUT2D eigenvalue weighted by Gasteiger charge is 2.28. The molecule has 0 atom stereocenters. The van der Waals surface area contributed by atoms with E-state index in [9.17, 15) is 9.59 Å². The number of benzene rings is 1. The normalized spacial score (nSPS) is 18.7. The van der Waals surface area contributed by atoms with Gasteiger partial charge in [-0.25, -0.2) is 4.79 Å². The minimum absolute atomic E-state index is 0.0699. The Kier molecular flexibility index (Phi) is 4.18. The van der Waals surface area contributed by atoms with Crippen molar-refractivity contribution in [2.24, 2.45) is 0 Å². The number of hydrogen-bond acceptors (Lipinski definition) is 4. The van der Waals surface area contributed by atoms with Gasteiger partial charge in [0.1, 0.15) is 0 Å². The number of carbonyl (C=O) groups is 2. The molecule has 1 saturated heterocycles. The highest BCUT2D eigenvalue weighted by molar-refractivity contribution is 6.01. The van der Waals surface area contributed by atoms with E-state index in [2.05, 4.69) is 5.32 Å². The predicted molar refractivity (Wildman–Crippen MR) is 79.8 cm³/mol. The lowest BCUT2D eigenvalue weighted by atomic mass is 10.2. The molecule has 0 radical (unpaired) electrons. The second-order valence-electron chi connectivity index (χ2n) is 5.65. The number of methoxy groups -OCH3 is 1. The summed E-state index contributed by atoms with van der Waals surface area (Å²) in [5.74, 6) is 1.14. The maximum atomic E-state index is 11.7. The molecule has 2 aliphatic rings. The summed E-state index contributed by atoms with van der Waals surface area (Å²) in [4.78, 5) is 24.5. The molecule has 0 bridgehead atoms. The van der Waals surface area contributed by atoms with E-state index in [1.165, 1.54) is 17.7 Å². The van der Waals surface area contributed by atoms with Crippen LogP contribution < -0.4 is 14.8 Å². The van der Waals surface area contributed by atoms with Crippen LogP contribution in [0.2, 0.25) is 0 Å². The van der Waals surface area contributed by atoms with Crippen LogP contribution in [-0.4, -0.2) is 36.6 Å². The molecular formula is C16H20N2O4. The van der Waals surface area contributed by atoms with Gasteiger partial charge in [0.25, 0.3) is 0 Å². The molecule has 1 aromatic carbocycles. The minimum atomic E-state index is -0.348. The van der Waals surface area contributed by atoms with Gasteiger partial charge in [-0.1, -0.05) is 6.07 Å². The number of ether oxygens (including phenoxy) is 2. The van der Waals surface area contributed by atoms with Crippen molar-refractivity contribution in [2.45, 2.75) is 38.3 Å². The van der Waals surface area contributed by atoms with Crippen molar-refractivity contribution >= 4 is 11.9 Å². The van der Waals surface area contributed by atoms with Crippen molar-refractivity contribution in [2.75, 3.05) is 13.7 Å². The summed E-state index contributed by atoms with van der Waals surface area (Å²) in [5, 5.41) is 2.52. The van der Waals surface area contributed by atoms with E-state index in [0.29, 0.717) is 11.5 Å². The van der Waals surface area contributed by atoms with Gasteiger partial charge in [-0.3, -0.25) is 9.69 Å². The third kappa shape index (κ3) is 3.00. The lowest BCUT2D eigenvalue weighted by Crippen LogP contribution is -2.30. The fourth-order valence-corrected chi connectivity index (χ4v) is 2.90. The minimum Gasteiger partial charge on any atom is -0.493 e. The highest BCUT2D eigenvalue weighted by atomic mass is 16.5. The van der Waals surface area contributed by atoms with Crippen LogP contribution in [0.25, 0.3) is 0 Å². The topological polar surface area (TPSA) is 67.9 Å². The molecule has 1 aliphatic carbocycles. The second-order valence-corrected chi connectivity index (χ2v) is 5.65. The zero-order valence-corrected chi connectivity index (χ0v) is 12.6. The monoisotopic (exact) mass is 304 g/mol. The van der Waals surface area contributed by atoms with Crippen molar-refractivity contribution in [3.05, 3.63) is 23.8 Å². The fourth-order valence-electron chi connectivity index (χ4n) is 2.90. The average molecular weight is 304 g/mol. The molecule has 0 aromatic heterocycles. The molecule has 0 unspecified atom stereocenters. The second kappa shape index (κ2) is 6.25. The van der Waals surface area contributed by atoms with Gasteiger partial charge in [0, 0.05) is 0 Å². The molecule has 6 heteroatoms. The first-order valence-electron chi connectivity index (χ1n) is 7.59. The molecule has 1 aromatic rings. The van der Waals surface area contributed by atoms with E-state index in [1.54, 1.807) is 7.11 Å². The van der Waals surface area contributed by atoms with Gasteiger partial charge in [0.05, 0.1) is 26.3 Å². The van der Waals surface area contributed by atoms with E-state index < -0.39 is 0 Å². The molecule has 2 fully saturated rings. The molecule has 22 heavy (non-hydrogen) atoms. The number of imide groups is 1. The van der Waals surface area contributed by atoms with Crippen LogP contribution >= 0.6 is 0 Å². The Hall–Kier alpha value is -2.24. The largest absolute Gasteiger partial charge is 0.493 e. The van der Waals surface area contributed by atoms with Crippen molar-refractivity contribution in [1.82, 2.24) is 10.2 Å². The van der Waals surface area contributed by atoms with E-state index >= 15 is 0 Å². The summed E-state index contributed by atoms with van der Waals surface area (Å²) in [6, 6.07) is 5.17. The maximum absolute atomic E-state index is 11.7. The van der Waals surface area contributed by atoms with Crippen LogP contribution in [0, 0.1) is 0 Å². The van der Waals surface area contributed by atoms with Gasteiger partial charge in [0.15, 0.2) is 11.5 Å². The van der Waals surface area contributed by atoms with Crippen molar-refractivity contribution in [3.63, 3.8) is 0 Å². The summed E-state index contributed by atoms with van der Waals surface area (Å²) in [6.45, 7) is 0.316. The average Bonchev–Trinajstić information content (AvgIpc) is 3.13. The zero-order valence-electron chi connectivity index (χ0n) is 12.6. The number of rotatable bonds is 5. The Bertz CT molecular complexity index is 566. The van der Waals surface area contributed by atoms with Crippen LogP contribution in [0.3, 0.4) is 0 Å². The first-order chi connectivity index (χ1) is 10.7. The Labute approximate surface area is 129 Å². The van der Waals surface area contributed by atoms with Gasteiger partial charge in [0.2, 0.25) is 5.91 Å². The summed E-state index contributed by atoms with van der Waals surface area (Å²) in [6.07, 6.45) is 4.71. The standard InChI is InChI=1S/C16H20N2O4/c1-21-13-7-6-11(10-18-15(19)9-17-16(18)20)8-14(13)22-12-4-2-3-5-12/h6-8,12H,2-5,9-10H2,1H3,(H,17,20). The fraction of sp³-hybridized carbons (Fsp3) is 0.500. The first kappa shape index (κ1) is 14.7. The summed E-state index contributed by atoms with van der Waals surface area (Å²) < 4.78 is 11.4. The maximum Gasteiger partial charge on any atom is 0.324 e. The van der Waals surface area contributed by atoms with Gasteiger partial charge in [-0.05, 0) is 43.4 Å². The molecule has 1 saturated carbocycles. The molecule has 3 rings (SSSR count). The van der Waals surface area contributed by atoms with Crippen LogP contribution in [0.15, 0.2) is 18.2 Å². The summed E-state index contributed by atoms with van der Waals surface area (Å²) in [7, 11) is 1.61. The molecule has 118 valence electrons. The van der Waals surface area contributed by atoms with Crippen LogP contribution in [0.1, 0.15) is 31.2 Å². The van der Waals surface area contributed by atoms with Crippen LogP contribution in [0.4, 0.5) is 4.79 Å². The quantitative estimate of drug-likeness (QED) is 0.846. The van der Waals surface area contributed by atoms with Gasteiger partial charge in [-0.2, -0.15) is 0 Å². The molecule has 1 aliphatic heterocycles. The van der Waals surface area contributed by atoms with Crippen molar-refractivity contribution in [1.29, 1.82) is 0 Å². The van der Waals surface area contributed by atoms with E-state index in [-0.39, 0.29) is 31.1 Å². The lowest BCUT2D eigenvalue weighted by Gasteiger charge is -2.18. The van der Waals surface area contributed by atoms with E-state index in [4.69, 9.17) is 9.47 Å². The number of urea groups is 1.